The summed E-state index contributed by atoms with van der Waals surface area (Å²) in [6.07, 6.45) is 1.43. The topological polar surface area (TPSA) is 64.9 Å². The number of aromatic nitrogens is 2. The molecule has 0 bridgehead atoms. The second kappa shape index (κ2) is 5.09. The van der Waals surface area contributed by atoms with E-state index in [2.05, 4.69) is 10.1 Å². The molecule has 0 fully saturated rings. The van der Waals surface area contributed by atoms with Crippen LogP contribution in [0.15, 0.2) is 22.7 Å². The molecule has 0 aliphatic carbocycles. The molecule has 4 nitrogen and oxygen atoms in total. The average molecular weight is 263 g/mol. The van der Waals surface area contributed by atoms with E-state index in [1.165, 1.54) is 6.07 Å². The molecule has 2 aromatic rings. The van der Waals surface area contributed by atoms with Gasteiger partial charge in [0.15, 0.2) is 5.82 Å². The highest BCUT2D eigenvalue weighted by atomic mass is 19.1. The molecule has 0 radical (unpaired) electrons. The highest BCUT2D eigenvalue weighted by Gasteiger charge is 2.29. The van der Waals surface area contributed by atoms with Crippen LogP contribution in [0.5, 0.6) is 0 Å². The van der Waals surface area contributed by atoms with E-state index in [9.17, 15) is 4.39 Å². The van der Waals surface area contributed by atoms with Gasteiger partial charge in [0.1, 0.15) is 5.82 Å². The molecular weight excluding hydrogens is 245 g/mol. The molecule has 0 unspecified atom stereocenters. The zero-order valence-corrected chi connectivity index (χ0v) is 11.4. The maximum atomic E-state index is 13.5. The van der Waals surface area contributed by atoms with Gasteiger partial charge in [0.05, 0.1) is 5.54 Å². The summed E-state index contributed by atoms with van der Waals surface area (Å²) in [6.45, 7) is 5.66. The van der Waals surface area contributed by atoms with Crippen molar-refractivity contribution in [2.75, 3.05) is 0 Å². The van der Waals surface area contributed by atoms with E-state index < -0.39 is 5.54 Å². The van der Waals surface area contributed by atoms with Crippen LogP contribution in [0.3, 0.4) is 0 Å². The zero-order chi connectivity index (χ0) is 14.0. The van der Waals surface area contributed by atoms with Crippen LogP contribution in [0.2, 0.25) is 0 Å². The van der Waals surface area contributed by atoms with Crippen LogP contribution in [0.1, 0.15) is 38.1 Å². The SMILES string of the molecule is CCC(N)(CC)c1noc(-c2ccc(C)c(F)c2)n1. The third-order valence-electron chi connectivity index (χ3n) is 3.55. The van der Waals surface area contributed by atoms with Crippen LogP contribution in [0, 0.1) is 12.7 Å². The van der Waals surface area contributed by atoms with Gasteiger partial charge in [0.2, 0.25) is 0 Å². The Morgan fingerprint density at radius 1 is 1.32 bits per heavy atom. The van der Waals surface area contributed by atoms with Crippen molar-refractivity contribution in [2.24, 2.45) is 5.73 Å². The summed E-state index contributed by atoms with van der Waals surface area (Å²) in [5, 5.41) is 3.92. The Hall–Kier alpha value is -1.75. The van der Waals surface area contributed by atoms with Crippen molar-refractivity contribution < 1.29 is 8.91 Å². The van der Waals surface area contributed by atoms with Crippen molar-refractivity contribution in [3.8, 4) is 11.5 Å². The standard InChI is InChI=1S/C14H18FN3O/c1-4-14(16,5-2)13-17-12(19-18-13)10-7-6-9(3)11(15)8-10/h6-8H,4-5,16H2,1-3H3. The van der Waals surface area contributed by atoms with E-state index in [-0.39, 0.29) is 5.82 Å². The summed E-state index contributed by atoms with van der Waals surface area (Å²) in [5.74, 6) is 0.473. The first kappa shape index (κ1) is 13.7. The van der Waals surface area contributed by atoms with Gasteiger partial charge >= 0.3 is 0 Å². The number of halogens is 1. The summed E-state index contributed by atoms with van der Waals surface area (Å²) < 4.78 is 18.7. The van der Waals surface area contributed by atoms with Gasteiger partial charge in [0.25, 0.3) is 5.89 Å². The van der Waals surface area contributed by atoms with E-state index in [0.717, 1.165) is 0 Å². The molecule has 102 valence electrons. The van der Waals surface area contributed by atoms with E-state index in [1.54, 1.807) is 19.1 Å². The maximum Gasteiger partial charge on any atom is 0.258 e. The molecule has 0 spiro atoms. The molecule has 2 rings (SSSR count). The molecule has 1 aromatic heterocycles. The lowest BCUT2D eigenvalue weighted by atomic mass is 9.93. The van der Waals surface area contributed by atoms with Crippen LogP contribution >= 0.6 is 0 Å². The molecule has 1 heterocycles. The number of nitrogens with zero attached hydrogens (tertiary/aromatic N) is 2. The zero-order valence-electron chi connectivity index (χ0n) is 11.4. The van der Waals surface area contributed by atoms with Gasteiger partial charge in [-0.15, -0.1) is 0 Å². The van der Waals surface area contributed by atoms with Gasteiger partial charge in [-0.1, -0.05) is 25.1 Å². The van der Waals surface area contributed by atoms with Crippen molar-refractivity contribution in [3.63, 3.8) is 0 Å². The van der Waals surface area contributed by atoms with Gasteiger partial charge in [-0.2, -0.15) is 4.98 Å². The number of rotatable bonds is 4. The molecule has 0 aliphatic heterocycles. The van der Waals surface area contributed by atoms with Crippen LogP contribution in [-0.4, -0.2) is 10.1 Å². The number of nitrogens with two attached hydrogens (primary N) is 1. The van der Waals surface area contributed by atoms with Crippen LogP contribution in [0.25, 0.3) is 11.5 Å². The Morgan fingerprint density at radius 2 is 2.00 bits per heavy atom. The second-order valence-electron chi connectivity index (χ2n) is 4.75. The predicted octanol–water partition coefficient (Wildman–Crippen LogP) is 3.16. The minimum atomic E-state index is -0.592. The summed E-state index contributed by atoms with van der Waals surface area (Å²) in [6, 6.07) is 4.83. The van der Waals surface area contributed by atoms with Crippen LogP contribution in [0.4, 0.5) is 4.39 Å². The number of hydrogen-bond donors (Lipinski definition) is 1. The highest BCUT2D eigenvalue weighted by Crippen LogP contribution is 2.26. The van der Waals surface area contributed by atoms with Crippen molar-refractivity contribution in [1.82, 2.24) is 10.1 Å². The molecule has 0 atom stereocenters. The molecule has 0 amide bonds. The Morgan fingerprint density at radius 3 is 2.58 bits per heavy atom. The summed E-state index contributed by atoms with van der Waals surface area (Å²) in [4.78, 5) is 4.30. The van der Waals surface area contributed by atoms with Gasteiger partial charge < -0.3 is 10.3 Å². The monoisotopic (exact) mass is 263 g/mol. The van der Waals surface area contributed by atoms with E-state index >= 15 is 0 Å². The molecule has 5 heteroatoms. The minimum absolute atomic E-state index is 0.290. The summed E-state index contributed by atoms with van der Waals surface area (Å²) >= 11 is 0. The lowest BCUT2D eigenvalue weighted by Crippen LogP contribution is -2.36. The van der Waals surface area contributed by atoms with Crippen LogP contribution < -0.4 is 5.73 Å². The summed E-state index contributed by atoms with van der Waals surface area (Å²) in [5.41, 5.74) is 6.76. The quantitative estimate of drug-likeness (QED) is 0.920. The first-order valence-electron chi connectivity index (χ1n) is 6.39. The molecule has 0 aliphatic rings. The summed E-state index contributed by atoms with van der Waals surface area (Å²) in [7, 11) is 0. The maximum absolute atomic E-state index is 13.5. The Balaban J connectivity index is 2.38. The van der Waals surface area contributed by atoms with Gasteiger partial charge in [-0.3, -0.25) is 0 Å². The van der Waals surface area contributed by atoms with Gasteiger partial charge in [-0.05, 0) is 37.5 Å². The fourth-order valence-corrected chi connectivity index (χ4v) is 1.84. The van der Waals surface area contributed by atoms with E-state index in [4.69, 9.17) is 10.3 Å². The predicted molar refractivity (Wildman–Crippen MR) is 70.9 cm³/mol. The van der Waals surface area contributed by atoms with Crippen molar-refractivity contribution in [1.29, 1.82) is 0 Å². The molecule has 0 saturated carbocycles. The minimum Gasteiger partial charge on any atom is -0.334 e. The third-order valence-corrected chi connectivity index (χ3v) is 3.55. The van der Waals surface area contributed by atoms with Crippen molar-refractivity contribution in [3.05, 3.63) is 35.4 Å². The van der Waals surface area contributed by atoms with Gasteiger partial charge in [0, 0.05) is 5.56 Å². The normalized spacial score (nSPS) is 11.8. The van der Waals surface area contributed by atoms with E-state index in [1.807, 2.05) is 13.8 Å². The molecule has 2 N–H and O–H groups in total. The van der Waals surface area contributed by atoms with Gasteiger partial charge in [-0.25, -0.2) is 4.39 Å². The fourth-order valence-electron chi connectivity index (χ4n) is 1.84. The molecule has 1 aromatic carbocycles. The lowest BCUT2D eigenvalue weighted by molar-refractivity contribution is 0.350. The Bertz CT molecular complexity index is 576. The largest absolute Gasteiger partial charge is 0.334 e. The number of aryl methyl sites for hydroxylation is 1. The van der Waals surface area contributed by atoms with Crippen molar-refractivity contribution in [2.45, 2.75) is 39.2 Å². The number of hydrogen-bond acceptors (Lipinski definition) is 4. The third kappa shape index (κ3) is 2.51. The fraction of sp³-hybridized carbons (Fsp3) is 0.429. The molecule has 0 saturated heterocycles. The second-order valence-corrected chi connectivity index (χ2v) is 4.75. The van der Waals surface area contributed by atoms with Crippen LogP contribution in [-0.2, 0) is 5.54 Å². The number of benzene rings is 1. The molecular formula is C14H18FN3O. The average Bonchev–Trinajstić information content (AvgIpc) is 2.91. The van der Waals surface area contributed by atoms with Crippen molar-refractivity contribution >= 4 is 0 Å². The Labute approximate surface area is 111 Å². The first-order valence-corrected chi connectivity index (χ1v) is 6.39. The Kier molecular flexibility index (Phi) is 3.66. The lowest BCUT2D eigenvalue weighted by Gasteiger charge is -2.21. The highest BCUT2D eigenvalue weighted by molar-refractivity contribution is 5.53. The molecule has 19 heavy (non-hydrogen) atoms. The smallest absolute Gasteiger partial charge is 0.258 e. The first-order chi connectivity index (χ1) is 9.00. The van der Waals surface area contributed by atoms with E-state index in [0.29, 0.717) is 35.7 Å².